The van der Waals surface area contributed by atoms with E-state index in [0.717, 1.165) is 5.56 Å². The molecule has 0 unspecified atom stereocenters. The first-order valence-electron chi connectivity index (χ1n) is 10.4. The Kier molecular flexibility index (Phi) is 6.11. The largest absolute Gasteiger partial charge is 0.497 e. The molecule has 0 bridgehead atoms. The number of rotatable bonds is 6. The number of likely N-dealkylation sites (tertiary alicyclic amines) is 1. The number of benzene rings is 2. The zero-order valence-corrected chi connectivity index (χ0v) is 17.7. The molecule has 166 valence electrons. The van der Waals surface area contributed by atoms with Gasteiger partial charge in [0.15, 0.2) is 12.0 Å². The Bertz CT molecular complexity index is 1190. The lowest BCUT2D eigenvalue weighted by Gasteiger charge is -2.30. The number of amides is 2. The average Bonchev–Trinajstić information content (AvgIpc) is 2.83. The van der Waals surface area contributed by atoms with Gasteiger partial charge in [-0.3, -0.25) is 14.4 Å². The van der Waals surface area contributed by atoms with Crippen molar-refractivity contribution in [3.8, 4) is 22.6 Å². The molecule has 8 heteroatoms. The van der Waals surface area contributed by atoms with Crippen LogP contribution in [0.25, 0.3) is 22.1 Å². The third kappa shape index (κ3) is 4.44. The van der Waals surface area contributed by atoms with Gasteiger partial charge in [0.25, 0.3) is 5.91 Å². The maximum atomic E-state index is 12.9. The lowest BCUT2D eigenvalue weighted by molar-refractivity contribution is -0.136. The van der Waals surface area contributed by atoms with Crippen LogP contribution in [-0.2, 0) is 9.59 Å². The SMILES string of the molecule is COc1ccc(-c2coc3cc(OCC(=O)N4CCC(C(N)=O)CC4)ccc3c2=O)cc1. The second kappa shape index (κ2) is 9.13. The van der Waals surface area contributed by atoms with Crippen LogP contribution in [0.3, 0.4) is 0 Å². The molecule has 32 heavy (non-hydrogen) atoms. The molecule has 2 aromatic carbocycles. The molecule has 1 aromatic heterocycles. The number of fused-ring (bicyclic) bond motifs is 1. The standard InChI is InChI=1S/C24H24N2O6/c1-30-17-4-2-15(3-5-17)20-13-32-21-12-18(6-7-19(21)23(20)28)31-14-22(27)26-10-8-16(9-11-26)24(25)29/h2-7,12-13,16H,8-11,14H2,1H3,(H2,25,29). The van der Waals surface area contributed by atoms with E-state index < -0.39 is 0 Å². The highest BCUT2D eigenvalue weighted by molar-refractivity contribution is 5.83. The van der Waals surface area contributed by atoms with Crippen molar-refractivity contribution >= 4 is 22.8 Å². The fourth-order valence-corrected chi connectivity index (χ4v) is 3.82. The fraction of sp³-hybridized carbons (Fsp3) is 0.292. The number of ether oxygens (including phenoxy) is 2. The van der Waals surface area contributed by atoms with Gasteiger partial charge in [0, 0.05) is 25.1 Å². The van der Waals surface area contributed by atoms with Gasteiger partial charge in [0.05, 0.1) is 18.1 Å². The van der Waals surface area contributed by atoms with Crippen LogP contribution >= 0.6 is 0 Å². The maximum Gasteiger partial charge on any atom is 0.260 e. The monoisotopic (exact) mass is 436 g/mol. The van der Waals surface area contributed by atoms with Gasteiger partial charge >= 0.3 is 0 Å². The molecule has 1 aliphatic heterocycles. The van der Waals surface area contributed by atoms with Crippen molar-refractivity contribution in [2.45, 2.75) is 12.8 Å². The van der Waals surface area contributed by atoms with E-state index in [1.807, 2.05) is 0 Å². The van der Waals surface area contributed by atoms with Crippen molar-refractivity contribution in [3.63, 3.8) is 0 Å². The zero-order chi connectivity index (χ0) is 22.7. The topological polar surface area (TPSA) is 112 Å². The highest BCUT2D eigenvalue weighted by Crippen LogP contribution is 2.25. The molecule has 2 heterocycles. The minimum absolute atomic E-state index is 0.138. The Morgan fingerprint density at radius 3 is 2.44 bits per heavy atom. The minimum Gasteiger partial charge on any atom is -0.497 e. The molecular weight excluding hydrogens is 412 g/mol. The van der Waals surface area contributed by atoms with Crippen LogP contribution in [0.15, 0.2) is 57.9 Å². The summed E-state index contributed by atoms with van der Waals surface area (Å²) in [6, 6.07) is 12.0. The van der Waals surface area contributed by atoms with Crippen molar-refractivity contribution in [2.24, 2.45) is 11.7 Å². The number of nitrogens with two attached hydrogens (primary N) is 1. The molecule has 1 saturated heterocycles. The molecule has 1 aliphatic rings. The molecule has 0 saturated carbocycles. The molecule has 0 aliphatic carbocycles. The molecule has 0 radical (unpaired) electrons. The average molecular weight is 436 g/mol. The van der Waals surface area contributed by atoms with Crippen LogP contribution in [0.1, 0.15) is 12.8 Å². The van der Waals surface area contributed by atoms with Crippen LogP contribution < -0.4 is 20.6 Å². The minimum atomic E-state index is -0.318. The Balaban J connectivity index is 1.44. The number of primary amides is 1. The quantitative estimate of drug-likeness (QED) is 0.636. The Labute approximate surface area is 184 Å². The summed E-state index contributed by atoms with van der Waals surface area (Å²) in [7, 11) is 1.58. The van der Waals surface area contributed by atoms with E-state index in [1.54, 1.807) is 54.5 Å². The first kappa shape index (κ1) is 21.4. The summed E-state index contributed by atoms with van der Waals surface area (Å²) in [5, 5.41) is 0.422. The summed E-state index contributed by atoms with van der Waals surface area (Å²) in [6.07, 6.45) is 2.56. The molecule has 8 nitrogen and oxygen atoms in total. The summed E-state index contributed by atoms with van der Waals surface area (Å²) in [5.74, 6) is 0.474. The predicted octanol–water partition coefficient (Wildman–Crippen LogP) is 2.57. The Morgan fingerprint density at radius 1 is 1.09 bits per heavy atom. The van der Waals surface area contributed by atoms with Crippen LogP contribution in [0.5, 0.6) is 11.5 Å². The molecule has 3 aromatic rings. The van der Waals surface area contributed by atoms with Gasteiger partial charge < -0.3 is 24.5 Å². The van der Waals surface area contributed by atoms with Crippen LogP contribution in [0.2, 0.25) is 0 Å². The number of methoxy groups -OCH3 is 1. The van der Waals surface area contributed by atoms with Gasteiger partial charge in [-0.1, -0.05) is 12.1 Å². The number of piperidine rings is 1. The van der Waals surface area contributed by atoms with Crippen molar-refractivity contribution < 1.29 is 23.5 Å². The van der Waals surface area contributed by atoms with E-state index in [1.165, 1.54) is 6.26 Å². The second-order valence-electron chi connectivity index (χ2n) is 7.71. The maximum absolute atomic E-state index is 12.9. The summed E-state index contributed by atoms with van der Waals surface area (Å²) < 4.78 is 16.5. The smallest absolute Gasteiger partial charge is 0.260 e. The molecule has 2 N–H and O–H groups in total. The van der Waals surface area contributed by atoms with Gasteiger partial charge in [-0.15, -0.1) is 0 Å². The lowest BCUT2D eigenvalue weighted by atomic mass is 9.96. The zero-order valence-electron chi connectivity index (χ0n) is 17.7. The number of hydrogen-bond acceptors (Lipinski definition) is 6. The number of carbonyl (C=O) groups is 2. The Morgan fingerprint density at radius 2 is 1.78 bits per heavy atom. The van der Waals surface area contributed by atoms with Gasteiger partial charge in [0.2, 0.25) is 5.91 Å². The summed E-state index contributed by atoms with van der Waals surface area (Å²) in [6.45, 7) is 0.827. The highest BCUT2D eigenvalue weighted by Gasteiger charge is 2.26. The van der Waals surface area contributed by atoms with E-state index in [9.17, 15) is 14.4 Å². The van der Waals surface area contributed by atoms with Crippen LogP contribution in [0.4, 0.5) is 0 Å². The Hall–Kier alpha value is -3.81. The highest BCUT2D eigenvalue weighted by atomic mass is 16.5. The normalized spacial score (nSPS) is 14.3. The van der Waals surface area contributed by atoms with Gasteiger partial charge in [0.1, 0.15) is 23.3 Å². The molecule has 1 fully saturated rings. The van der Waals surface area contributed by atoms with Crippen molar-refractivity contribution in [1.29, 1.82) is 0 Å². The van der Waals surface area contributed by atoms with Gasteiger partial charge in [-0.2, -0.15) is 0 Å². The molecule has 0 atom stereocenters. The first-order valence-corrected chi connectivity index (χ1v) is 10.4. The van der Waals surface area contributed by atoms with E-state index >= 15 is 0 Å². The van der Waals surface area contributed by atoms with Gasteiger partial charge in [-0.05, 0) is 42.7 Å². The summed E-state index contributed by atoms with van der Waals surface area (Å²) >= 11 is 0. The van der Waals surface area contributed by atoms with E-state index in [0.29, 0.717) is 54.0 Å². The number of carbonyl (C=O) groups excluding carboxylic acids is 2. The van der Waals surface area contributed by atoms with E-state index in [4.69, 9.17) is 19.6 Å². The third-order valence-corrected chi connectivity index (χ3v) is 5.76. The second-order valence-corrected chi connectivity index (χ2v) is 7.71. The summed E-state index contributed by atoms with van der Waals surface area (Å²) in [5.41, 5.74) is 6.73. The van der Waals surface area contributed by atoms with Crippen LogP contribution in [0, 0.1) is 5.92 Å². The van der Waals surface area contributed by atoms with Crippen LogP contribution in [-0.4, -0.2) is 43.5 Å². The third-order valence-electron chi connectivity index (χ3n) is 5.76. The molecule has 0 spiro atoms. The molecular formula is C24H24N2O6. The van der Waals surface area contributed by atoms with Gasteiger partial charge in [-0.25, -0.2) is 0 Å². The summed E-state index contributed by atoms with van der Waals surface area (Å²) in [4.78, 5) is 38.3. The number of nitrogens with zero attached hydrogens (tertiary/aromatic N) is 1. The fourth-order valence-electron chi connectivity index (χ4n) is 3.82. The predicted molar refractivity (Wildman–Crippen MR) is 118 cm³/mol. The number of hydrogen-bond donors (Lipinski definition) is 1. The molecule has 2 amide bonds. The van der Waals surface area contributed by atoms with Crippen molar-refractivity contribution in [3.05, 3.63) is 59.0 Å². The van der Waals surface area contributed by atoms with Crippen molar-refractivity contribution in [1.82, 2.24) is 4.90 Å². The molecule has 4 rings (SSSR count). The van der Waals surface area contributed by atoms with E-state index in [2.05, 4.69) is 0 Å². The van der Waals surface area contributed by atoms with E-state index in [-0.39, 0.29) is 29.8 Å². The lowest BCUT2D eigenvalue weighted by Crippen LogP contribution is -2.43. The van der Waals surface area contributed by atoms with Crippen molar-refractivity contribution in [2.75, 3.05) is 26.8 Å². The first-order chi connectivity index (χ1) is 15.5.